The van der Waals surface area contributed by atoms with Crippen molar-refractivity contribution < 1.29 is 18.0 Å². The van der Waals surface area contributed by atoms with Crippen LogP contribution in [-0.4, -0.2) is 28.6 Å². The first-order chi connectivity index (χ1) is 10.4. The molecule has 0 radical (unpaired) electrons. The van der Waals surface area contributed by atoms with Crippen LogP contribution >= 0.6 is 0 Å². The number of nitrogens with two attached hydrogens (primary N) is 1. The lowest BCUT2D eigenvalue weighted by Crippen LogP contribution is -2.20. The number of carbonyl (C=O) groups is 1. The molecule has 3 N–H and O–H groups in total. The molecule has 0 spiro atoms. The van der Waals surface area contributed by atoms with E-state index in [1.54, 1.807) is 13.0 Å². The number of allylic oxidation sites excluding steroid dienone is 1. The van der Waals surface area contributed by atoms with Gasteiger partial charge in [0.15, 0.2) is 0 Å². The van der Waals surface area contributed by atoms with Crippen molar-refractivity contribution in [3.63, 3.8) is 0 Å². The molecule has 0 saturated carbocycles. The smallest absolute Gasteiger partial charge is 0.398 e. The summed E-state index contributed by atoms with van der Waals surface area (Å²) in [7, 11) is 0. The number of halogens is 3. The summed E-state index contributed by atoms with van der Waals surface area (Å²) in [5.41, 5.74) is 6.54. The Morgan fingerprint density at radius 2 is 2.05 bits per heavy atom. The molecule has 6 nitrogen and oxygen atoms in total. The first kappa shape index (κ1) is 17.3. The topological polar surface area (TPSA) is 93.3 Å². The van der Waals surface area contributed by atoms with E-state index in [9.17, 15) is 18.0 Å². The van der Waals surface area contributed by atoms with Crippen molar-refractivity contribution in [3.05, 3.63) is 42.1 Å². The predicted molar refractivity (Wildman–Crippen MR) is 75.5 cm³/mol. The van der Waals surface area contributed by atoms with Gasteiger partial charge in [-0.15, -0.1) is 0 Å². The molecule has 0 aromatic carbocycles. The highest BCUT2D eigenvalue weighted by Gasteiger charge is 2.34. The van der Waals surface area contributed by atoms with Crippen LogP contribution < -0.4 is 11.1 Å². The number of amides is 1. The van der Waals surface area contributed by atoms with Gasteiger partial charge < -0.3 is 11.1 Å². The molecule has 1 aromatic rings. The van der Waals surface area contributed by atoms with Crippen LogP contribution in [0.5, 0.6) is 0 Å². The fourth-order valence-electron chi connectivity index (χ4n) is 1.34. The van der Waals surface area contributed by atoms with Gasteiger partial charge in [0.05, 0.1) is 12.3 Å². The molecule has 9 heteroatoms. The van der Waals surface area contributed by atoms with Gasteiger partial charge in [-0.2, -0.15) is 13.2 Å². The Balaban J connectivity index is 3.00. The average Bonchev–Trinajstić information content (AvgIpc) is 2.49. The molecule has 1 heterocycles. The van der Waals surface area contributed by atoms with Gasteiger partial charge in [0, 0.05) is 29.9 Å². The summed E-state index contributed by atoms with van der Waals surface area (Å²) in [5.74, 6) is -1.24. The Morgan fingerprint density at radius 3 is 2.55 bits per heavy atom. The lowest BCUT2D eigenvalue weighted by Gasteiger charge is -2.06. The number of nitrogens with one attached hydrogen (secondary N) is 1. The van der Waals surface area contributed by atoms with Crippen LogP contribution in [0.15, 0.2) is 35.7 Å². The number of hydrogen-bond donors (Lipinski definition) is 2. The molecule has 0 bridgehead atoms. The second kappa shape index (κ2) is 7.91. The molecule has 0 aliphatic rings. The Kier molecular flexibility index (Phi) is 6.24. The van der Waals surface area contributed by atoms with Crippen molar-refractivity contribution in [2.24, 2.45) is 10.7 Å². The SMILES string of the molecule is C\C=C/N=C(\C=C(/N)c1cnc(C(F)(F)F)nc1)CNC=O. The number of aliphatic imine (C=N–C) groups is 1. The highest BCUT2D eigenvalue weighted by molar-refractivity contribution is 6.02. The maximum Gasteiger partial charge on any atom is 0.451 e. The van der Waals surface area contributed by atoms with Crippen molar-refractivity contribution >= 4 is 17.8 Å². The summed E-state index contributed by atoms with van der Waals surface area (Å²) < 4.78 is 37.1. The van der Waals surface area contributed by atoms with Gasteiger partial charge in [-0.1, -0.05) is 6.08 Å². The van der Waals surface area contributed by atoms with Crippen molar-refractivity contribution in [1.29, 1.82) is 0 Å². The highest BCUT2D eigenvalue weighted by Crippen LogP contribution is 2.25. The van der Waals surface area contributed by atoms with Crippen LogP contribution in [0.25, 0.3) is 5.70 Å². The van der Waals surface area contributed by atoms with Crippen molar-refractivity contribution in [1.82, 2.24) is 15.3 Å². The van der Waals surface area contributed by atoms with E-state index in [1.165, 1.54) is 12.3 Å². The Labute approximate surface area is 124 Å². The van der Waals surface area contributed by atoms with Gasteiger partial charge in [0.2, 0.25) is 12.2 Å². The molecule has 0 atom stereocenters. The van der Waals surface area contributed by atoms with Crippen molar-refractivity contribution in [3.8, 4) is 0 Å². The second-order valence-corrected chi connectivity index (χ2v) is 3.99. The molecular weight excluding hydrogens is 299 g/mol. The van der Waals surface area contributed by atoms with Crippen molar-refractivity contribution in [2.45, 2.75) is 13.1 Å². The summed E-state index contributed by atoms with van der Waals surface area (Å²) in [5, 5.41) is 2.42. The van der Waals surface area contributed by atoms with Crippen LogP contribution in [0.2, 0.25) is 0 Å². The lowest BCUT2D eigenvalue weighted by atomic mass is 10.2. The van der Waals surface area contributed by atoms with E-state index < -0.39 is 12.0 Å². The largest absolute Gasteiger partial charge is 0.451 e. The predicted octanol–water partition coefficient (Wildman–Crippen LogP) is 1.52. The number of carbonyl (C=O) groups excluding carboxylic acids is 1. The molecule has 1 rings (SSSR count). The third-order valence-electron chi connectivity index (χ3n) is 2.32. The zero-order valence-corrected chi connectivity index (χ0v) is 11.6. The minimum atomic E-state index is -4.61. The fourth-order valence-corrected chi connectivity index (χ4v) is 1.34. The molecule has 118 valence electrons. The molecular formula is C13H14F3N5O. The monoisotopic (exact) mass is 313 g/mol. The minimum Gasteiger partial charge on any atom is -0.398 e. The Morgan fingerprint density at radius 1 is 1.41 bits per heavy atom. The molecule has 0 saturated heterocycles. The number of alkyl halides is 3. The first-order valence-corrected chi connectivity index (χ1v) is 6.10. The zero-order valence-electron chi connectivity index (χ0n) is 11.6. The van der Waals surface area contributed by atoms with Crippen LogP contribution in [0.3, 0.4) is 0 Å². The molecule has 0 aliphatic heterocycles. The van der Waals surface area contributed by atoms with E-state index in [-0.39, 0.29) is 17.8 Å². The normalized spacial score (nSPS) is 13.5. The van der Waals surface area contributed by atoms with Crippen LogP contribution in [0.1, 0.15) is 18.3 Å². The number of nitrogens with zero attached hydrogens (tertiary/aromatic N) is 3. The maximum atomic E-state index is 12.4. The summed E-state index contributed by atoms with van der Waals surface area (Å²) in [4.78, 5) is 20.8. The fraction of sp³-hybridized carbons (Fsp3) is 0.231. The molecule has 0 fully saturated rings. The third-order valence-corrected chi connectivity index (χ3v) is 2.32. The quantitative estimate of drug-likeness (QED) is 0.615. The van der Waals surface area contributed by atoms with E-state index >= 15 is 0 Å². The average molecular weight is 313 g/mol. The van der Waals surface area contributed by atoms with Gasteiger partial charge in [-0.3, -0.25) is 9.79 Å². The molecule has 22 heavy (non-hydrogen) atoms. The van der Waals surface area contributed by atoms with Gasteiger partial charge in [-0.25, -0.2) is 9.97 Å². The van der Waals surface area contributed by atoms with E-state index in [0.29, 0.717) is 12.1 Å². The Hall–Kier alpha value is -2.71. The Bertz CT molecular complexity index is 591. The maximum absolute atomic E-state index is 12.4. The molecule has 1 aromatic heterocycles. The first-order valence-electron chi connectivity index (χ1n) is 6.10. The van der Waals surface area contributed by atoms with Gasteiger partial charge in [0.1, 0.15) is 0 Å². The summed E-state index contributed by atoms with van der Waals surface area (Å²) in [6.45, 7) is 1.88. The summed E-state index contributed by atoms with van der Waals surface area (Å²) >= 11 is 0. The second-order valence-electron chi connectivity index (χ2n) is 3.99. The molecule has 1 amide bonds. The van der Waals surface area contributed by atoms with E-state index in [1.807, 2.05) is 0 Å². The van der Waals surface area contributed by atoms with E-state index in [4.69, 9.17) is 5.73 Å². The third kappa shape index (κ3) is 5.35. The standard InChI is InChI=1S/C13H14F3N5O/c1-2-3-19-10(7-18-8-22)4-11(17)9-5-20-12(21-6-9)13(14,15)16/h2-6,8H,7,17H2,1H3,(H,18,22)/b3-2-,11-4-,19-10+. The van der Waals surface area contributed by atoms with Crippen LogP contribution in [0.4, 0.5) is 13.2 Å². The molecule has 0 unspecified atom stereocenters. The van der Waals surface area contributed by atoms with Crippen LogP contribution in [0, 0.1) is 0 Å². The zero-order chi connectivity index (χ0) is 16.6. The summed E-state index contributed by atoms with van der Waals surface area (Å²) in [6, 6.07) is 0. The minimum absolute atomic E-state index is 0.121. The van der Waals surface area contributed by atoms with E-state index in [2.05, 4.69) is 20.3 Å². The summed E-state index contributed by atoms with van der Waals surface area (Å²) in [6.07, 6.45) is 2.42. The number of rotatable bonds is 6. The lowest BCUT2D eigenvalue weighted by molar-refractivity contribution is -0.145. The van der Waals surface area contributed by atoms with Gasteiger partial charge in [0.25, 0.3) is 0 Å². The van der Waals surface area contributed by atoms with Gasteiger partial charge in [-0.05, 0) is 13.0 Å². The van der Waals surface area contributed by atoms with Gasteiger partial charge >= 0.3 is 6.18 Å². The van der Waals surface area contributed by atoms with Crippen LogP contribution in [-0.2, 0) is 11.0 Å². The van der Waals surface area contributed by atoms with E-state index in [0.717, 1.165) is 12.4 Å². The number of hydrogen-bond acceptors (Lipinski definition) is 5. The van der Waals surface area contributed by atoms with Crippen molar-refractivity contribution in [2.75, 3.05) is 6.54 Å². The highest BCUT2D eigenvalue weighted by atomic mass is 19.4. The number of aromatic nitrogens is 2. The molecule has 0 aliphatic carbocycles.